The average Bonchev–Trinajstić information content (AvgIpc) is 3.14. The van der Waals surface area contributed by atoms with E-state index in [1.807, 2.05) is 0 Å². The van der Waals surface area contributed by atoms with Gasteiger partial charge in [-0.25, -0.2) is 0 Å². The van der Waals surface area contributed by atoms with Crippen LogP contribution in [-0.2, 0) is 28.6 Å². The molecule has 0 aliphatic carbocycles. The van der Waals surface area contributed by atoms with Gasteiger partial charge in [0, 0.05) is 19.3 Å². The van der Waals surface area contributed by atoms with Gasteiger partial charge >= 0.3 is 17.9 Å². The fourth-order valence-corrected chi connectivity index (χ4v) is 6.98. The third kappa shape index (κ3) is 41.4. The Bertz CT molecular complexity index is 796. The lowest BCUT2D eigenvalue weighted by Crippen LogP contribution is -2.30. The smallest absolute Gasteiger partial charge is 0.306 e. The molecule has 53 heavy (non-hydrogen) atoms. The molecule has 0 aliphatic rings. The first-order valence-electron chi connectivity index (χ1n) is 23.4. The van der Waals surface area contributed by atoms with E-state index in [1.165, 1.54) is 154 Å². The fraction of sp³-hybridized carbons (Fsp3) is 0.936. The lowest BCUT2D eigenvalue weighted by molar-refractivity contribution is -0.167. The molecule has 0 aromatic carbocycles. The van der Waals surface area contributed by atoms with Crippen LogP contribution in [0.3, 0.4) is 0 Å². The fourth-order valence-electron chi connectivity index (χ4n) is 6.98. The van der Waals surface area contributed by atoms with Gasteiger partial charge in [-0.3, -0.25) is 14.4 Å². The van der Waals surface area contributed by atoms with Gasteiger partial charge in [0.05, 0.1) is 0 Å². The number of unbranched alkanes of at least 4 members (excludes halogenated alkanes) is 29. The van der Waals surface area contributed by atoms with Crippen LogP contribution >= 0.6 is 0 Å². The van der Waals surface area contributed by atoms with Crippen molar-refractivity contribution in [2.24, 2.45) is 5.92 Å². The number of esters is 3. The van der Waals surface area contributed by atoms with Crippen molar-refractivity contribution >= 4 is 17.9 Å². The summed E-state index contributed by atoms with van der Waals surface area (Å²) in [6, 6.07) is 0. The van der Waals surface area contributed by atoms with Gasteiger partial charge in [0.2, 0.25) is 0 Å². The summed E-state index contributed by atoms with van der Waals surface area (Å²) in [6.07, 6.45) is 41.0. The van der Waals surface area contributed by atoms with Crippen molar-refractivity contribution in [2.75, 3.05) is 13.2 Å². The molecular formula is C47H90O6. The predicted molar refractivity (Wildman–Crippen MR) is 224 cm³/mol. The van der Waals surface area contributed by atoms with Crippen LogP contribution in [0, 0.1) is 5.92 Å². The highest BCUT2D eigenvalue weighted by Gasteiger charge is 2.19. The number of carbonyl (C=O) groups excluding carboxylic acids is 3. The SMILES string of the molecule is CCCCCCCCCCCCC(=O)OC[C@H](COC(=O)CCCCCCCCCCCCCCCCCC(C)C)OC(=O)CCCCCCCCC. The molecule has 0 bridgehead atoms. The average molecular weight is 751 g/mol. The maximum atomic E-state index is 12.6. The quantitative estimate of drug-likeness (QED) is 0.0351. The van der Waals surface area contributed by atoms with Gasteiger partial charge in [-0.15, -0.1) is 0 Å². The molecule has 0 aliphatic heterocycles. The lowest BCUT2D eigenvalue weighted by atomic mass is 10.0. The Kier molecular flexibility index (Phi) is 40.3. The maximum absolute atomic E-state index is 12.6. The van der Waals surface area contributed by atoms with Crippen molar-refractivity contribution in [3.05, 3.63) is 0 Å². The molecule has 314 valence electrons. The standard InChI is InChI=1S/C47H90O6/c1-5-7-9-11-13-14-23-27-30-34-38-45(48)51-41-44(53-47(50)40-36-32-25-12-10-8-6-2)42-52-46(49)39-35-31-28-24-21-19-17-15-16-18-20-22-26-29-33-37-43(3)4/h43-44H,5-42H2,1-4H3/t44-/m1/s1. The molecule has 1 atom stereocenters. The Morgan fingerprint density at radius 3 is 0.925 bits per heavy atom. The number of rotatable bonds is 42. The summed E-state index contributed by atoms with van der Waals surface area (Å²) in [4.78, 5) is 37.6. The second kappa shape index (κ2) is 41.6. The summed E-state index contributed by atoms with van der Waals surface area (Å²) in [5, 5.41) is 0. The highest BCUT2D eigenvalue weighted by Crippen LogP contribution is 2.16. The molecular weight excluding hydrogens is 661 g/mol. The van der Waals surface area contributed by atoms with E-state index in [2.05, 4.69) is 27.7 Å². The van der Waals surface area contributed by atoms with Crippen molar-refractivity contribution in [3.8, 4) is 0 Å². The van der Waals surface area contributed by atoms with Crippen molar-refractivity contribution in [1.82, 2.24) is 0 Å². The normalized spacial score (nSPS) is 11.9. The van der Waals surface area contributed by atoms with Gasteiger partial charge in [-0.2, -0.15) is 0 Å². The molecule has 0 saturated heterocycles. The molecule has 0 heterocycles. The molecule has 0 spiro atoms. The van der Waals surface area contributed by atoms with Crippen molar-refractivity contribution in [1.29, 1.82) is 0 Å². The summed E-state index contributed by atoms with van der Waals surface area (Å²) in [5.41, 5.74) is 0. The first-order valence-corrected chi connectivity index (χ1v) is 23.4. The van der Waals surface area contributed by atoms with Crippen LogP contribution in [0.1, 0.15) is 259 Å². The Morgan fingerprint density at radius 2 is 0.623 bits per heavy atom. The predicted octanol–water partition coefficient (Wildman–Crippen LogP) is 14.7. The molecule has 6 nitrogen and oxygen atoms in total. The van der Waals surface area contributed by atoms with Crippen LogP contribution in [0.15, 0.2) is 0 Å². The highest BCUT2D eigenvalue weighted by molar-refractivity contribution is 5.71. The maximum Gasteiger partial charge on any atom is 0.306 e. The first kappa shape index (κ1) is 51.4. The van der Waals surface area contributed by atoms with Gasteiger partial charge in [0.1, 0.15) is 13.2 Å². The van der Waals surface area contributed by atoms with Crippen LogP contribution in [0.4, 0.5) is 0 Å². The summed E-state index contributed by atoms with van der Waals surface area (Å²) in [6.45, 7) is 8.96. The van der Waals surface area contributed by atoms with E-state index in [0.29, 0.717) is 19.3 Å². The topological polar surface area (TPSA) is 78.9 Å². The van der Waals surface area contributed by atoms with E-state index in [0.717, 1.165) is 63.7 Å². The molecule has 0 amide bonds. The molecule has 0 unspecified atom stereocenters. The summed E-state index contributed by atoms with van der Waals surface area (Å²) < 4.78 is 16.7. The number of ether oxygens (including phenoxy) is 3. The molecule has 0 N–H and O–H groups in total. The third-order valence-electron chi connectivity index (χ3n) is 10.5. The van der Waals surface area contributed by atoms with Crippen LogP contribution in [-0.4, -0.2) is 37.2 Å². The largest absolute Gasteiger partial charge is 0.462 e. The summed E-state index contributed by atoms with van der Waals surface area (Å²) in [7, 11) is 0. The molecule has 0 radical (unpaired) electrons. The number of hydrogen-bond donors (Lipinski definition) is 0. The van der Waals surface area contributed by atoms with Gasteiger partial charge < -0.3 is 14.2 Å². The summed E-state index contributed by atoms with van der Waals surface area (Å²) >= 11 is 0. The Morgan fingerprint density at radius 1 is 0.358 bits per heavy atom. The number of carbonyl (C=O) groups is 3. The Labute approximate surface area is 329 Å². The second-order valence-electron chi connectivity index (χ2n) is 16.5. The number of hydrogen-bond acceptors (Lipinski definition) is 6. The minimum Gasteiger partial charge on any atom is -0.462 e. The molecule has 6 heteroatoms. The first-order chi connectivity index (χ1) is 25.9. The van der Waals surface area contributed by atoms with Crippen LogP contribution in [0.5, 0.6) is 0 Å². The zero-order chi connectivity index (χ0) is 38.9. The van der Waals surface area contributed by atoms with Crippen LogP contribution in [0.25, 0.3) is 0 Å². The van der Waals surface area contributed by atoms with Crippen molar-refractivity contribution in [2.45, 2.75) is 265 Å². The van der Waals surface area contributed by atoms with Crippen molar-refractivity contribution < 1.29 is 28.6 Å². The Balaban J connectivity index is 4.15. The van der Waals surface area contributed by atoms with Crippen molar-refractivity contribution in [3.63, 3.8) is 0 Å². The lowest BCUT2D eigenvalue weighted by Gasteiger charge is -2.18. The zero-order valence-electron chi connectivity index (χ0n) is 36.0. The van der Waals surface area contributed by atoms with Crippen LogP contribution in [0.2, 0.25) is 0 Å². The summed E-state index contributed by atoms with van der Waals surface area (Å²) in [5.74, 6) is -0.0111. The van der Waals surface area contributed by atoms with E-state index in [1.54, 1.807) is 0 Å². The van der Waals surface area contributed by atoms with Gasteiger partial charge in [-0.1, -0.05) is 220 Å². The molecule has 0 aromatic rings. The molecule has 0 saturated carbocycles. The zero-order valence-corrected chi connectivity index (χ0v) is 36.0. The Hall–Kier alpha value is -1.59. The highest BCUT2D eigenvalue weighted by atomic mass is 16.6. The molecule has 0 rings (SSSR count). The van der Waals surface area contributed by atoms with E-state index in [-0.39, 0.29) is 31.1 Å². The third-order valence-corrected chi connectivity index (χ3v) is 10.5. The van der Waals surface area contributed by atoms with Crippen LogP contribution < -0.4 is 0 Å². The van der Waals surface area contributed by atoms with E-state index >= 15 is 0 Å². The minimum absolute atomic E-state index is 0.0641. The van der Waals surface area contributed by atoms with E-state index in [9.17, 15) is 14.4 Å². The monoisotopic (exact) mass is 751 g/mol. The molecule has 0 fully saturated rings. The minimum atomic E-state index is -0.757. The van der Waals surface area contributed by atoms with Gasteiger partial charge in [0.15, 0.2) is 6.10 Å². The van der Waals surface area contributed by atoms with E-state index in [4.69, 9.17) is 14.2 Å². The van der Waals surface area contributed by atoms with Gasteiger partial charge in [-0.05, 0) is 25.2 Å². The van der Waals surface area contributed by atoms with Gasteiger partial charge in [0.25, 0.3) is 0 Å². The molecule has 0 aromatic heterocycles. The second-order valence-corrected chi connectivity index (χ2v) is 16.5. The van der Waals surface area contributed by atoms with E-state index < -0.39 is 6.10 Å².